The molecule has 25 heavy (non-hydrogen) atoms. The van der Waals surface area contributed by atoms with Crippen molar-refractivity contribution in [2.75, 3.05) is 43.6 Å². The molecule has 2 aromatic rings. The highest BCUT2D eigenvalue weighted by molar-refractivity contribution is 5.91. The SMILES string of the molecule is COc1ccc(N2CCOCC2)cc1NC(=O)NCc1ccccc1. The van der Waals surface area contributed by atoms with Crippen molar-refractivity contribution in [1.29, 1.82) is 0 Å². The van der Waals surface area contributed by atoms with E-state index >= 15 is 0 Å². The normalized spacial score (nSPS) is 14.0. The van der Waals surface area contributed by atoms with Gasteiger partial charge >= 0.3 is 6.03 Å². The van der Waals surface area contributed by atoms with Gasteiger partial charge in [0.15, 0.2) is 0 Å². The first-order chi connectivity index (χ1) is 12.3. The Bertz CT molecular complexity index is 700. The summed E-state index contributed by atoms with van der Waals surface area (Å²) in [5, 5.41) is 5.74. The molecular formula is C19H23N3O3. The van der Waals surface area contributed by atoms with E-state index in [9.17, 15) is 4.79 Å². The fraction of sp³-hybridized carbons (Fsp3) is 0.316. The number of hydrogen-bond acceptors (Lipinski definition) is 4. The average molecular weight is 341 g/mol. The molecule has 2 aromatic carbocycles. The third-order valence-corrected chi connectivity index (χ3v) is 4.10. The maximum Gasteiger partial charge on any atom is 0.319 e. The van der Waals surface area contributed by atoms with Gasteiger partial charge in [0, 0.05) is 25.3 Å². The number of hydrogen-bond donors (Lipinski definition) is 2. The van der Waals surface area contributed by atoms with E-state index in [0.717, 1.165) is 24.3 Å². The van der Waals surface area contributed by atoms with Gasteiger partial charge in [0.1, 0.15) is 5.75 Å². The number of anilines is 2. The van der Waals surface area contributed by atoms with E-state index in [1.54, 1.807) is 7.11 Å². The number of carbonyl (C=O) groups excluding carboxylic acids is 1. The van der Waals surface area contributed by atoms with Gasteiger partial charge in [-0.2, -0.15) is 0 Å². The lowest BCUT2D eigenvalue weighted by molar-refractivity contribution is 0.122. The van der Waals surface area contributed by atoms with Crippen LogP contribution in [0, 0.1) is 0 Å². The molecule has 1 heterocycles. The van der Waals surface area contributed by atoms with Crippen molar-refractivity contribution >= 4 is 17.4 Å². The number of carbonyl (C=O) groups is 1. The number of urea groups is 1. The second-order valence-electron chi connectivity index (χ2n) is 5.78. The molecule has 0 unspecified atom stereocenters. The monoisotopic (exact) mass is 341 g/mol. The van der Waals surface area contributed by atoms with Gasteiger partial charge in [-0.3, -0.25) is 0 Å². The molecule has 0 aromatic heterocycles. The van der Waals surface area contributed by atoms with Crippen LogP contribution in [0.3, 0.4) is 0 Å². The lowest BCUT2D eigenvalue weighted by Gasteiger charge is -2.29. The molecule has 0 spiro atoms. The smallest absolute Gasteiger partial charge is 0.319 e. The van der Waals surface area contributed by atoms with Crippen molar-refractivity contribution < 1.29 is 14.3 Å². The fourth-order valence-corrected chi connectivity index (χ4v) is 2.76. The van der Waals surface area contributed by atoms with Gasteiger partial charge in [-0.25, -0.2) is 4.79 Å². The number of rotatable bonds is 5. The predicted molar refractivity (Wildman–Crippen MR) is 98.3 cm³/mol. The molecule has 132 valence electrons. The Morgan fingerprint density at radius 3 is 2.64 bits per heavy atom. The standard InChI is InChI=1S/C19H23N3O3/c1-24-18-8-7-16(22-9-11-25-12-10-22)13-17(18)21-19(23)20-14-15-5-3-2-4-6-15/h2-8,13H,9-12,14H2,1H3,(H2,20,21,23). The van der Waals surface area contributed by atoms with Crippen LogP contribution in [0.5, 0.6) is 5.75 Å². The van der Waals surface area contributed by atoms with Gasteiger partial charge in [-0.05, 0) is 23.8 Å². The summed E-state index contributed by atoms with van der Waals surface area (Å²) in [6, 6.07) is 15.3. The largest absolute Gasteiger partial charge is 0.495 e. The third-order valence-electron chi connectivity index (χ3n) is 4.10. The number of nitrogens with zero attached hydrogens (tertiary/aromatic N) is 1. The molecule has 3 rings (SSSR count). The zero-order valence-corrected chi connectivity index (χ0v) is 14.3. The molecule has 0 saturated carbocycles. The average Bonchev–Trinajstić information content (AvgIpc) is 2.68. The molecule has 1 saturated heterocycles. The summed E-state index contributed by atoms with van der Waals surface area (Å²) in [6.07, 6.45) is 0. The number of ether oxygens (including phenoxy) is 2. The molecule has 0 atom stereocenters. The van der Waals surface area contributed by atoms with Crippen LogP contribution in [-0.2, 0) is 11.3 Å². The Hall–Kier alpha value is -2.73. The first-order valence-electron chi connectivity index (χ1n) is 8.36. The second-order valence-corrected chi connectivity index (χ2v) is 5.78. The highest BCUT2D eigenvalue weighted by Gasteiger charge is 2.14. The molecule has 1 aliphatic heterocycles. The number of amides is 2. The zero-order valence-electron chi connectivity index (χ0n) is 14.3. The Morgan fingerprint density at radius 2 is 1.92 bits per heavy atom. The Morgan fingerprint density at radius 1 is 1.16 bits per heavy atom. The molecule has 6 heteroatoms. The summed E-state index contributed by atoms with van der Waals surface area (Å²) in [6.45, 7) is 3.58. The predicted octanol–water partition coefficient (Wildman–Crippen LogP) is 2.85. The Balaban J connectivity index is 1.66. The molecule has 6 nitrogen and oxygen atoms in total. The summed E-state index contributed by atoms with van der Waals surface area (Å²) in [5.74, 6) is 0.631. The first-order valence-corrected chi connectivity index (χ1v) is 8.36. The van der Waals surface area contributed by atoms with Crippen LogP contribution in [0.4, 0.5) is 16.2 Å². The highest BCUT2D eigenvalue weighted by atomic mass is 16.5. The van der Waals surface area contributed by atoms with Crippen LogP contribution in [0.25, 0.3) is 0 Å². The van der Waals surface area contributed by atoms with Gasteiger partial charge in [0.25, 0.3) is 0 Å². The minimum Gasteiger partial charge on any atom is -0.495 e. The van der Waals surface area contributed by atoms with E-state index in [0.29, 0.717) is 31.2 Å². The third kappa shape index (κ3) is 4.64. The van der Waals surface area contributed by atoms with E-state index in [2.05, 4.69) is 15.5 Å². The summed E-state index contributed by atoms with van der Waals surface area (Å²) >= 11 is 0. The van der Waals surface area contributed by atoms with Crippen molar-refractivity contribution in [3.63, 3.8) is 0 Å². The second kappa shape index (κ2) is 8.39. The lowest BCUT2D eigenvalue weighted by Crippen LogP contribution is -2.36. The summed E-state index contributed by atoms with van der Waals surface area (Å²) in [5.41, 5.74) is 2.74. The van der Waals surface area contributed by atoms with Gasteiger partial charge in [-0.15, -0.1) is 0 Å². The molecular weight excluding hydrogens is 318 g/mol. The van der Waals surface area contributed by atoms with Gasteiger partial charge in [0.2, 0.25) is 0 Å². The van der Waals surface area contributed by atoms with Crippen LogP contribution in [0.2, 0.25) is 0 Å². The first kappa shape index (κ1) is 17.1. The van der Waals surface area contributed by atoms with Crippen molar-refractivity contribution in [2.24, 2.45) is 0 Å². The van der Waals surface area contributed by atoms with Crippen molar-refractivity contribution in [3.8, 4) is 5.75 Å². The van der Waals surface area contributed by atoms with Gasteiger partial charge in [-0.1, -0.05) is 30.3 Å². The Kier molecular flexibility index (Phi) is 5.74. The molecule has 0 aliphatic carbocycles. The van der Waals surface area contributed by atoms with Crippen LogP contribution < -0.4 is 20.3 Å². The maximum absolute atomic E-state index is 12.2. The van der Waals surface area contributed by atoms with E-state index in [-0.39, 0.29) is 6.03 Å². The van der Waals surface area contributed by atoms with Gasteiger partial charge < -0.3 is 25.0 Å². The summed E-state index contributed by atoms with van der Waals surface area (Å²) in [7, 11) is 1.59. The summed E-state index contributed by atoms with van der Waals surface area (Å²) in [4.78, 5) is 14.5. The number of morpholine rings is 1. The van der Waals surface area contributed by atoms with Crippen LogP contribution in [0.1, 0.15) is 5.56 Å². The molecule has 0 bridgehead atoms. The number of benzene rings is 2. The Labute approximate surface area is 147 Å². The molecule has 1 aliphatic rings. The molecule has 2 amide bonds. The highest BCUT2D eigenvalue weighted by Crippen LogP contribution is 2.30. The van der Waals surface area contributed by atoms with Crippen LogP contribution in [-0.4, -0.2) is 39.4 Å². The molecule has 1 fully saturated rings. The summed E-state index contributed by atoms with van der Waals surface area (Å²) < 4.78 is 10.8. The quantitative estimate of drug-likeness (QED) is 0.878. The molecule has 0 radical (unpaired) electrons. The fourth-order valence-electron chi connectivity index (χ4n) is 2.76. The van der Waals surface area contributed by atoms with E-state index < -0.39 is 0 Å². The number of nitrogens with one attached hydrogen (secondary N) is 2. The van der Waals surface area contributed by atoms with E-state index in [1.807, 2.05) is 48.5 Å². The molecule has 2 N–H and O–H groups in total. The van der Waals surface area contributed by atoms with Crippen molar-refractivity contribution in [3.05, 3.63) is 54.1 Å². The lowest BCUT2D eigenvalue weighted by atomic mass is 10.2. The van der Waals surface area contributed by atoms with Crippen molar-refractivity contribution in [1.82, 2.24) is 5.32 Å². The van der Waals surface area contributed by atoms with Crippen LogP contribution >= 0.6 is 0 Å². The van der Waals surface area contributed by atoms with Gasteiger partial charge in [0.05, 0.1) is 26.0 Å². The van der Waals surface area contributed by atoms with Crippen molar-refractivity contribution in [2.45, 2.75) is 6.54 Å². The van der Waals surface area contributed by atoms with E-state index in [1.165, 1.54) is 0 Å². The minimum absolute atomic E-state index is 0.263. The maximum atomic E-state index is 12.2. The van der Waals surface area contributed by atoms with Crippen LogP contribution in [0.15, 0.2) is 48.5 Å². The van der Waals surface area contributed by atoms with E-state index in [4.69, 9.17) is 9.47 Å². The topological polar surface area (TPSA) is 62.8 Å². The minimum atomic E-state index is -0.263. The zero-order chi connectivity index (χ0) is 17.5. The number of methoxy groups -OCH3 is 1.